The van der Waals surface area contributed by atoms with Gasteiger partial charge in [-0.25, -0.2) is 4.79 Å². The number of rotatable bonds is 1. The van der Waals surface area contributed by atoms with Gasteiger partial charge < -0.3 is 8.40 Å². The quantitative estimate of drug-likeness (QED) is 0.796. The predicted molar refractivity (Wildman–Crippen MR) is 62.0 cm³/mol. The molecule has 1 aromatic carbocycles. The summed E-state index contributed by atoms with van der Waals surface area (Å²) in [5.74, 6) is -0.376. The molecule has 0 atom stereocenters. The van der Waals surface area contributed by atoms with Gasteiger partial charge in [0, 0.05) is 23.6 Å². The summed E-state index contributed by atoms with van der Waals surface area (Å²) in [6, 6.07) is 7.54. The van der Waals surface area contributed by atoms with E-state index < -0.39 is 0 Å². The number of aryl methyl sites for hydroxylation is 2. The van der Waals surface area contributed by atoms with Crippen LogP contribution in [0.5, 0.6) is 0 Å². The van der Waals surface area contributed by atoms with Crippen LogP contribution in [0.25, 0.3) is 10.9 Å². The van der Waals surface area contributed by atoms with Gasteiger partial charge in [0.2, 0.25) is 0 Å². The van der Waals surface area contributed by atoms with E-state index in [2.05, 4.69) is 24.7 Å². The van der Waals surface area contributed by atoms with Crippen molar-refractivity contribution in [1.82, 2.24) is 4.57 Å². The van der Waals surface area contributed by atoms with Crippen LogP contribution in [0.1, 0.15) is 16.1 Å². The van der Waals surface area contributed by atoms with Gasteiger partial charge in [0.25, 0.3) is 0 Å². The summed E-state index contributed by atoms with van der Waals surface area (Å²) in [6.45, 7) is 2.03. The lowest BCUT2D eigenvalue weighted by Gasteiger charge is -2.00. The maximum absolute atomic E-state index is 11.3. The second kappa shape index (κ2) is 3.70. The first kappa shape index (κ1) is 10.2. The molecule has 0 bridgehead atoms. The number of nitrogens with zero attached hydrogens (tertiary/aromatic N) is 1. The van der Waals surface area contributed by atoms with Crippen molar-refractivity contribution in [2.24, 2.45) is 7.05 Å². The fourth-order valence-electron chi connectivity index (χ4n) is 1.66. The van der Waals surface area contributed by atoms with E-state index in [1.165, 1.54) is 0 Å². The number of hydrogen-bond acceptors (Lipinski definition) is 2. The normalized spacial score (nSPS) is 10.6. The van der Waals surface area contributed by atoms with Crippen LogP contribution in [0, 0.1) is 6.92 Å². The van der Waals surface area contributed by atoms with E-state index in [1.807, 2.05) is 32.2 Å². The highest BCUT2D eigenvalue weighted by Gasteiger charge is 2.09. The molecule has 0 N–H and O–H groups in total. The van der Waals surface area contributed by atoms with E-state index in [1.54, 1.807) is 6.07 Å². The molecule has 3 nitrogen and oxygen atoms in total. The summed E-state index contributed by atoms with van der Waals surface area (Å²) in [4.78, 5) is 11.3. The topological polar surface area (TPSA) is 31.2 Å². The molecule has 0 amide bonds. The van der Waals surface area contributed by atoms with Crippen molar-refractivity contribution in [3.05, 3.63) is 35.5 Å². The van der Waals surface area contributed by atoms with Crippen LogP contribution in [0.15, 0.2) is 24.3 Å². The minimum Gasteiger partial charge on any atom is -0.380 e. The average Bonchev–Trinajstić information content (AvgIpc) is 2.53. The smallest absolute Gasteiger partial charge is 0.349 e. The third kappa shape index (κ3) is 1.65. The molecule has 78 valence electrons. The Kier molecular flexibility index (Phi) is 2.52. The van der Waals surface area contributed by atoms with Crippen molar-refractivity contribution in [1.29, 1.82) is 0 Å². The highest BCUT2D eigenvalue weighted by atomic mass is 79.9. The standard InChI is InChI=1S/C11H10BrNO2/c1-7-5-9-6-8(11(14)15-12)3-4-10(9)13(7)2/h3-6H,1-2H3. The molecule has 0 aliphatic heterocycles. The first-order chi connectivity index (χ1) is 7.13. The van der Waals surface area contributed by atoms with Gasteiger partial charge in [-0.3, -0.25) is 0 Å². The molecule has 4 heteroatoms. The zero-order valence-electron chi connectivity index (χ0n) is 8.45. The van der Waals surface area contributed by atoms with Crippen molar-refractivity contribution in [3.63, 3.8) is 0 Å². The minimum atomic E-state index is -0.376. The Bertz CT molecular complexity index is 531. The van der Waals surface area contributed by atoms with Gasteiger partial charge in [-0.1, -0.05) is 0 Å². The lowest BCUT2D eigenvalue weighted by atomic mass is 10.1. The molecule has 0 aliphatic rings. The highest BCUT2D eigenvalue weighted by Crippen LogP contribution is 2.20. The summed E-state index contributed by atoms with van der Waals surface area (Å²) in [6.07, 6.45) is 0. The molecule has 15 heavy (non-hydrogen) atoms. The number of fused-ring (bicyclic) bond motifs is 1. The molecule has 0 spiro atoms. The molecule has 0 fully saturated rings. The Morgan fingerprint density at radius 2 is 2.13 bits per heavy atom. The van der Waals surface area contributed by atoms with E-state index in [0.29, 0.717) is 5.56 Å². The van der Waals surface area contributed by atoms with Crippen LogP contribution in [-0.2, 0) is 10.9 Å². The maximum Gasteiger partial charge on any atom is 0.349 e. The van der Waals surface area contributed by atoms with E-state index in [9.17, 15) is 4.79 Å². The lowest BCUT2D eigenvalue weighted by Crippen LogP contribution is -1.97. The van der Waals surface area contributed by atoms with Crippen molar-refractivity contribution in [2.45, 2.75) is 6.92 Å². The Morgan fingerprint density at radius 3 is 2.80 bits per heavy atom. The molecule has 0 saturated heterocycles. The molecule has 1 aromatic heterocycles. The van der Waals surface area contributed by atoms with Crippen molar-refractivity contribution in [3.8, 4) is 0 Å². The number of hydrogen-bond donors (Lipinski definition) is 0. The van der Waals surface area contributed by atoms with Crippen molar-refractivity contribution < 1.29 is 8.62 Å². The third-order valence-corrected chi connectivity index (χ3v) is 2.88. The molecule has 0 radical (unpaired) electrons. The van der Waals surface area contributed by atoms with Gasteiger partial charge in [-0.15, -0.1) is 0 Å². The van der Waals surface area contributed by atoms with Crippen LogP contribution in [0.2, 0.25) is 0 Å². The maximum atomic E-state index is 11.3. The molecule has 0 aliphatic carbocycles. The van der Waals surface area contributed by atoms with Crippen LogP contribution >= 0.6 is 16.3 Å². The third-order valence-electron chi connectivity index (χ3n) is 2.59. The van der Waals surface area contributed by atoms with E-state index in [-0.39, 0.29) is 5.97 Å². The second-order valence-corrected chi connectivity index (χ2v) is 3.81. The van der Waals surface area contributed by atoms with Crippen LogP contribution < -0.4 is 0 Å². The number of carbonyl (C=O) groups excluding carboxylic acids is 1. The van der Waals surface area contributed by atoms with E-state index >= 15 is 0 Å². The van der Waals surface area contributed by atoms with E-state index in [0.717, 1.165) is 16.6 Å². The average molecular weight is 268 g/mol. The van der Waals surface area contributed by atoms with Crippen LogP contribution in [0.3, 0.4) is 0 Å². The highest BCUT2D eigenvalue weighted by molar-refractivity contribution is 9.06. The Labute approximate surface area is 96.1 Å². The van der Waals surface area contributed by atoms with Crippen LogP contribution in [0.4, 0.5) is 0 Å². The first-order valence-corrected chi connectivity index (χ1v) is 5.17. The number of benzene rings is 1. The number of aromatic nitrogens is 1. The fraction of sp³-hybridized carbons (Fsp3) is 0.182. The van der Waals surface area contributed by atoms with Crippen molar-refractivity contribution >= 4 is 33.1 Å². The molecule has 2 rings (SSSR count). The summed E-state index contributed by atoms with van der Waals surface area (Å²) in [7, 11) is 2.00. The van der Waals surface area contributed by atoms with Crippen LogP contribution in [-0.4, -0.2) is 10.5 Å². The summed E-state index contributed by atoms with van der Waals surface area (Å²) in [5, 5.41) is 1.05. The van der Waals surface area contributed by atoms with Gasteiger partial charge in [-0.05, 0) is 31.2 Å². The summed E-state index contributed by atoms with van der Waals surface area (Å²) in [5.41, 5.74) is 2.82. The van der Waals surface area contributed by atoms with Gasteiger partial charge in [-0.2, -0.15) is 0 Å². The molecular weight excluding hydrogens is 258 g/mol. The Hall–Kier alpha value is -1.29. The monoisotopic (exact) mass is 267 g/mol. The van der Waals surface area contributed by atoms with Crippen molar-refractivity contribution in [2.75, 3.05) is 0 Å². The zero-order valence-corrected chi connectivity index (χ0v) is 10.0. The molecule has 0 saturated carbocycles. The lowest BCUT2D eigenvalue weighted by molar-refractivity contribution is 0.0782. The first-order valence-electron chi connectivity index (χ1n) is 4.52. The Morgan fingerprint density at radius 1 is 1.40 bits per heavy atom. The number of halogens is 1. The fourth-order valence-corrected chi connectivity index (χ4v) is 1.85. The second-order valence-electron chi connectivity index (χ2n) is 3.48. The van der Waals surface area contributed by atoms with Gasteiger partial charge in [0.15, 0.2) is 16.3 Å². The van der Waals surface area contributed by atoms with Gasteiger partial charge >= 0.3 is 5.97 Å². The molecule has 2 aromatic rings. The minimum absolute atomic E-state index is 0.376. The van der Waals surface area contributed by atoms with Gasteiger partial charge in [0.05, 0.1) is 5.56 Å². The number of carbonyl (C=O) groups is 1. The van der Waals surface area contributed by atoms with E-state index in [4.69, 9.17) is 0 Å². The summed E-state index contributed by atoms with van der Waals surface area (Å²) >= 11 is 2.68. The predicted octanol–water partition coefficient (Wildman–Crippen LogP) is 2.95. The Balaban J connectivity index is 2.62. The molecule has 1 heterocycles. The largest absolute Gasteiger partial charge is 0.380 e. The zero-order chi connectivity index (χ0) is 11.0. The molecular formula is C11H10BrNO2. The van der Waals surface area contributed by atoms with Gasteiger partial charge in [0.1, 0.15) is 0 Å². The summed E-state index contributed by atoms with van der Waals surface area (Å²) < 4.78 is 6.57. The molecule has 0 unspecified atom stereocenters. The SMILES string of the molecule is Cc1cc2cc(C(=O)OBr)ccc2n1C.